The van der Waals surface area contributed by atoms with E-state index in [0.29, 0.717) is 12.1 Å². The van der Waals surface area contributed by atoms with Crippen LogP contribution in [0.1, 0.15) is 26.5 Å². The molecule has 1 aliphatic rings. The van der Waals surface area contributed by atoms with Crippen molar-refractivity contribution in [1.82, 2.24) is 10.3 Å². The minimum absolute atomic E-state index is 0.104. The first-order valence-electron chi connectivity index (χ1n) is 9.50. The van der Waals surface area contributed by atoms with Crippen molar-refractivity contribution in [2.45, 2.75) is 16.3 Å². The molecule has 0 bridgehead atoms. The number of aliphatic imine (C=N–C) groups is 1. The summed E-state index contributed by atoms with van der Waals surface area (Å²) >= 11 is 3.29. The number of benzene rings is 2. The number of pyridine rings is 1. The Morgan fingerprint density at radius 2 is 1.83 bits per heavy atom. The van der Waals surface area contributed by atoms with E-state index in [1.807, 2.05) is 66.0 Å². The van der Waals surface area contributed by atoms with Gasteiger partial charge in [0.25, 0.3) is 5.91 Å². The highest BCUT2D eigenvalue weighted by Gasteiger charge is 2.20. The highest BCUT2D eigenvalue weighted by Crippen LogP contribution is 2.41. The molecule has 2 aromatic carbocycles. The molecule has 1 amide bonds. The number of aromatic nitrogens is 1. The van der Waals surface area contributed by atoms with Gasteiger partial charge in [0.2, 0.25) is 0 Å². The molecule has 0 fully saturated rings. The van der Waals surface area contributed by atoms with Gasteiger partial charge in [-0.3, -0.25) is 9.78 Å². The Hall–Kier alpha value is -3.22. The van der Waals surface area contributed by atoms with Gasteiger partial charge >= 0.3 is 0 Å². The van der Waals surface area contributed by atoms with Crippen LogP contribution in [0.15, 0.2) is 99.2 Å². The van der Waals surface area contributed by atoms with Gasteiger partial charge in [-0.25, -0.2) is 4.99 Å². The van der Waals surface area contributed by atoms with E-state index in [1.165, 1.54) is 0 Å². The predicted molar refractivity (Wildman–Crippen MR) is 122 cm³/mol. The Labute approximate surface area is 182 Å². The monoisotopic (exact) mass is 427 g/mol. The number of carbonyl (C=O) groups excluding carboxylic acids is 1. The topological polar surface area (TPSA) is 54.4 Å². The maximum absolute atomic E-state index is 12.7. The average Bonchev–Trinajstić information content (AvgIpc) is 3.25. The number of thiophene rings is 1. The highest BCUT2D eigenvalue weighted by molar-refractivity contribution is 7.99. The molecule has 4 nitrogen and oxygen atoms in total. The number of nitrogens with zero attached hydrogens (tertiary/aromatic N) is 2. The summed E-state index contributed by atoms with van der Waals surface area (Å²) in [4.78, 5) is 25.4. The first kappa shape index (κ1) is 18.8. The molecule has 0 atom stereocenters. The molecule has 0 spiro atoms. The molecule has 5 rings (SSSR count). The van der Waals surface area contributed by atoms with E-state index in [9.17, 15) is 4.79 Å². The molecule has 2 aromatic heterocycles. The van der Waals surface area contributed by atoms with Crippen molar-refractivity contribution < 1.29 is 4.79 Å². The Bertz CT molecular complexity index is 1230. The molecule has 0 aliphatic carbocycles. The summed E-state index contributed by atoms with van der Waals surface area (Å²) in [6, 6.07) is 23.7. The fourth-order valence-electron chi connectivity index (χ4n) is 3.26. The number of hydrogen-bond acceptors (Lipinski definition) is 5. The molecule has 30 heavy (non-hydrogen) atoms. The van der Waals surface area contributed by atoms with Gasteiger partial charge in [-0.15, -0.1) is 11.3 Å². The molecule has 0 unspecified atom stereocenters. The number of rotatable bonds is 4. The van der Waals surface area contributed by atoms with Gasteiger partial charge in [0.15, 0.2) is 0 Å². The van der Waals surface area contributed by atoms with Crippen molar-refractivity contribution in [3.05, 3.63) is 106 Å². The van der Waals surface area contributed by atoms with Gasteiger partial charge < -0.3 is 5.32 Å². The molecule has 146 valence electrons. The third-order valence-electron chi connectivity index (χ3n) is 4.73. The summed E-state index contributed by atoms with van der Waals surface area (Å²) < 4.78 is 0. The van der Waals surface area contributed by atoms with E-state index < -0.39 is 0 Å². The lowest BCUT2D eigenvalue weighted by molar-refractivity contribution is 0.0951. The van der Waals surface area contributed by atoms with Gasteiger partial charge in [-0.1, -0.05) is 42.1 Å². The van der Waals surface area contributed by atoms with Crippen LogP contribution in [0.5, 0.6) is 0 Å². The minimum Gasteiger partial charge on any atom is -0.347 e. The van der Waals surface area contributed by atoms with Crippen LogP contribution in [-0.4, -0.2) is 16.6 Å². The molecule has 6 heteroatoms. The fourth-order valence-corrected chi connectivity index (χ4v) is 4.91. The van der Waals surface area contributed by atoms with E-state index in [-0.39, 0.29) is 5.91 Å². The van der Waals surface area contributed by atoms with Crippen molar-refractivity contribution in [3.8, 4) is 0 Å². The van der Waals surface area contributed by atoms with Gasteiger partial charge in [-0.05, 0) is 47.8 Å². The molecular formula is C24H17N3OS2. The molecule has 1 N–H and O–H groups in total. The van der Waals surface area contributed by atoms with Crippen molar-refractivity contribution >= 4 is 40.4 Å². The molecule has 0 saturated heterocycles. The summed E-state index contributed by atoms with van der Waals surface area (Å²) in [5.41, 5.74) is 4.04. The number of amides is 1. The smallest absolute Gasteiger partial charge is 0.251 e. The van der Waals surface area contributed by atoms with Crippen LogP contribution in [0, 0.1) is 0 Å². The number of hydrogen-bond donors (Lipinski definition) is 1. The molecule has 0 radical (unpaired) electrons. The lowest BCUT2D eigenvalue weighted by Gasteiger charge is -2.07. The first-order chi connectivity index (χ1) is 14.8. The second kappa shape index (κ2) is 8.26. The van der Waals surface area contributed by atoms with Gasteiger partial charge in [0.1, 0.15) is 0 Å². The summed E-state index contributed by atoms with van der Waals surface area (Å²) in [7, 11) is 0. The Kier molecular flexibility index (Phi) is 5.17. The molecule has 1 aliphatic heterocycles. The zero-order valence-electron chi connectivity index (χ0n) is 15.9. The van der Waals surface area contributed by atoms with Crippen LogP contribution in [0.25, 0.3) is 0 Å². The van der Waals surface area contributed by atoms with Crippen molar-refractivity contribution in [1.29, 1.82) is 0 Å². The summed E-state index contributed by atoms with van der Waals surface area (Å²) in [6.07, 6.45) is 1.77. The molecule has 3 heterocycles. The molecule has 4 aromatic rings. The third-order valence-corrected chi connectivity index (χ3v) is 6.74. The largest absolute Gasteiger partial charge is 0.347 e. The standard InChI is InChI=1S/C24H17N3OS2/c28-24(26-15-17-6-5-13-29-17)16-10-11-22-20(14-16)27-23(19-8-3-4-12-25-19)18-7-1-2-9-21(18)30-22/h1-14H,15H2,(H,26,28). The summed E-state index contributed by atoms with van der Waals surface area (Å²) in [5, 5.41) is 4.99. The lowest BCUT2D eigenvalue weighted by atomic mass is 10.1. The lowest BCUT2D eigenvalue weighted by Crippen LogP contribution is -2.22. The maximum Gasteiger partial charge on any atom is 0.251 e. The first-order valence-corrected chi connectivity index (χ1v) is 11.2. The van der Waals surface area contributed by atoms with E-state index in [0.717, 1.165) is 37.3 Å². The van der Waals surface area contributed by atoms with Crippen molar-refractivity contribution in [2.24, 2.45) is 4.99 Å². The normalized spacial score (nSPS) is 12.3. The quantitative estimate of drug-likeness (QED) is 0.400. The summed E-state index contributed by atoms with van der Waals surface area (Å²) in [5.74, 6) is -0.104. The third kappa shape index (κ3) is 3.79. The zero-order chi connectivity index (χ0) is 20.3. The van der Waals surface area contributed by atoms with E-state index >= 15 is 0 Å². The van der Waals surface area contributed by atoms with Crippen LogP contribution < -0.4 is 5.32 Å². The van der Waals surface area contributed by atoms with Crippen LogP contribution in [0.3, 0.4) is 0 Å². The molecule has 0 saturated carbocycles. The maximum atomic E-state index is 12.7. The number of nitrogens with one attached hydrogen (secondary N) is 1. The van der Waals surface area contributed by atoms with Crippen LogP contribution >= 0.6 is 23.1 Å². The number of fused-ring (bicyclic) bond motifs is 2. The second-order valence-corrected chi connectivity index (χ2v) is 8.83. The highest BCUT2D eigenvalue weighted by atomic mass is 32.2. The van der Waals surface area contributed by atoms with Crippen LogP contribution in [0.2, 0.25) is 0 Å². The SMILES string of the molecule is O=C(NCc1cccs1)c1ccc2c(c1)N=C(c1ccccn1)c1ccccc1S2. The summed E-state index contributed by atoms with van der Waals surface area (Å²) in [6.45, 7) is 0.524. The Morgan fingerprint density at radius 3 is 2.67 bits per heavy atom. The second-order valence-electron chi connectivity index (χ2n) is 6.72. The van der Waals surface area contributed by atoms with Crippen LogP contribution in [-0.2, 0) is 6.54 Å². The van der Waals surface area contributed by atoms with Crippen LogP contribution in [0.4, 0.5) is 5.69 Å². The fraction of sp³-hybridized carbons (Fsp3) is 0.0417. The average molecular weight is 428 g/mol. The number of carbonyl (C=O) groups is 1. The molecular weight excluding hydrogens is 410 g/mol. The Balaban J connectivity index is 1.53. The zero-order valence-corrected chi connectivity index (χ0v) is 17.5. The van der Waals surface area contributed by atoms with Crippen molar-refractivity contribution in [3.63, 3.8) is 0 Å². The minimum atomic E-state index is -0.104. The van der Waals surface area contributed by atoms with E-state index in [1.54, 1.807) is 29.3 Å². The predicted octanol–water partition coefficient (Wildman–Crippen LogP) is 5.71. The van der Waals surface area contributed by atoms with Gasteiger partial charge in [0, 0.05) is 32.0 Å². The van der Waals surface area contributed by atoms with E-state index in [2.05, 4.69) is 22.4 Å². The van der Waals surface area contributed by atoms with Gasteiger partial charge in [0.05, 0.1) is 23.6 Å². The van der Waals surface area contributed by atoms with Crippen molar-refractivity contribution in [2.75, 3.05) is 0 Å². The van der Waals surface area contributed by atoms with Gasteiger partial charge in [-0.2, -0.15) is 0 Å². The van der Waals surface area contributed by atoms with E-state index in [4.69, 9.17) is 4.99 Å². The Morgan fingerprint density at radius 1 is 0.933 bits per heavy atom.